The summed E-state index contributed by atoms with van der Waals surface area (Å²) in [6.45, 7) is 1.75. The highest BCUT2D eigenvalue weighted by atomic mass is 16.2. The number of aliphatic hydroxyl groups excluding tert-OH is 1. The fourth-order valence-corrected chi connectivity index (χ4v) is 0. The van der Waals surface area contributed by atoms with Crippen LogP contribution < -0.4 is 6.15 Å². The zero-order valence-electron chi connectivity index (χ0n) is 3.31. The van der Waals surface area contributed by atoms with Crippen molar-refractivity contribution in [3.05, 3.63) is 12.3 Å². The van der Waals surface area contributed by atoms with Gasteiger partial charge in [-0.15, -0.1) is 0 Å². The third-order valence-corrected chi connectivity index (χ3v) is 0.149. The van der Waals surface area contributed by atoms with Crippen molar-refractivity contribution in [1.82, 2.24) is 6.15 Å². The minimum atomic E-state index is 0. The summed E-state index contributed by atoms with van der Waals surface area (Å²) in [4.78, 5) is 0. The van der Waals surface area contributed by atoms with E-state index in [1.54, 1.807) is 13.0 Å². The Morgan fingerprint density at radius 3 is 1.80 bits per heavy atom. The number of hydrogen-bond acceptors (Lipinski definition) is 2. The zero-order valence-corrected chi connectivity index (χ0v) is 3.31. The smallest absolute Gasteiger partial charge is 0.0748 e. The SMILES string of the molecule is CC=CO.N. The summed E-state index contributed by atoms with van der Waals surface area (Å²) in [6, 6.07) is 0. The molecule has 0 aliphatic heterocycles. The molecule has 0 aromatic rings. The molecule has 0 heterocycles. The molecule has 32 valence electrons. The van der Waals surface area contributed by atoms with E-state index in [1.165, 1.54) is 0 Å². The average Bonchev–Trinajstić information content (AvgIpc) is 1.37. The maximum absolute atomic E-state index is 7.69. The van der Waals surface area contributed by atoms with E-state index in [0.29, 0.717) is 0 Å². The average molecular weight is 75.1 g/mol. The molecule has 0 saturated heterocycles. The lowest BCUT2D eigenvalue weighted by atomic mass is 10.8. The van der Waals surface area contributed by atoms with Crippen LogP contribution in [0.15, 0.2) is 12.3 Å². The molecule has 4 N–H and O–H groups in total. The van der Waals surface area contributed by atoms with E-state index in [-0.39, 0.29) is 6.15 Å². The molecule has 0 radical (unpaired) electrons. The first-order valence-electron chi connectivity index (χ1n) is 1.17. The van der Waals surface area contributed by atoms with E-state index in [1.807, 2.05) is 0 Å². The van der Waals surface area contributed by atoms with Gasteiger partial charge in [-0.25, -0.2) is 0 Å². The van der Waals surface area contributed by atoms with Gasteiger partial charge in [0.1, 0.15) is 0 Å². The molecule has 0 saturated carbocycles. The van der Waals surface area contributed by atoms with Crippen molar-refractivity contribution in [2.24, 2.45) is 0 Å². The van der Waals surface area contributed by atoms with Crippen molar-refractivity contribution in [3.63, 3.8) is 0 Å². The third-order valence-electron chi connectivity index (χ3n) is 0.149. The van der Waals surface area contributed by atoms with Gasteiger partial charge in [0.15, 0.2) is 0 Å². The van der Waals surface area contributed by atoms with Gasteiger partial charge in [0.05, 0.1) is 6.26 Å². The molecule has 0 atom stereocenters. The van der Waals surface area contributed by atoms with Gasteiger partial charge >= 0.3 is 0 Å². The highest BCUT2D eigenvalue weighted by Gasteiger charge is 1.35. The molecule has 0 bridgehead atoms. The predicted octanol–water partition coefficient (Wildman–Crippen LogP) is 1.24. The standard InChI is InChI=1S/C3H6O.H3N/c1-2-3-4;/h2-4H,1H3;1H3. The number of hydrogen-bond donors (Lipinski definition) is 2. The molecule has 0 spiro atoms. The Morgan fingerprint density at radius 1 is 1.60 bits per heavy atom. The van der Waals surface area contributed by atoms with Crippen LogP contribution in [-0.2, 0) is 0 Å². The molecular formula is C3H9NO. The van der Waals surface area contributed by atoms with Gasteiger partial charge in [0.25, 0.3) is 0 Å². The van der Waals surface area contributed by atoms with E-state index in [4.69, 9.17) is 5.11 Å². The lowest BCUT2D eigenvalue weighted by molar-refractivity contribution is 0.472. The molecule has 0 unspecified atom stereocenters. The molecule has 0 aliphatic rings. The van der Waals surface area contributed by atoms with E-state index in [0.717, 1.165) is 6.26 Å². The highest BCUT2D eigenvalue weighted by Crippen LogP contribution is 1.51. The summed E-state index contributed by atoms with van der Waals surface area (Å²) in [5, 5.41) is 7.69. The lowest BCUT2D eigenvalue weighted by Gasteiger charge is -1.53. The van der Waals surface area contributed by atoms with E-state index in [9.17, 15) is 0 Å². The summed E-state index contributed by atoms with van der Waals surface area (Å²) in [5.74, 6) is 0. The van der Waals surface area contributed by atoms with Gasteiger partial charge in [-0.1, -0.05) is 6.08 Å². The van der Waals surface area contributed by atoms with Crippen molar-refractivity contribution in [1.29, 1.82) is 0 Å². The van der Waals surface area contributed by atoms with Crippen molar-refractivity contribution >= 4 is 0 Å². The zero-order chi connectivity index (χ0) is 3.41. The molecule has 0 aromatic carbocycles. The van der Waals surface area contributed by atoms with E-state index < -0.39 is 0 Å². The lowest BCUT2D eigenvalue weighted by Crippen LogP contribution is -1.36. The quantitative estimate of drug-likeness (QED) is 0.425. The Hall–Kier alpha value is -0.500. The normalized spacial score (nSPS) is 7.40. The van der Waals surface area contributed by atoms with Crippen LogP contribution in [0.25, 0.3) is 0 Å². The summed E-state index contributed by atoms with van der Waals surface area (Å²) in [5.41, 5.74) is 0. The second-order valence-corrected chi connectivity index (χ2v) is 0.482. The molecule has 0 aromatic heterocycles. The number of rotatable bonds is 0. The Balaban J connectivity index is 0. The monoisotopic (exact) mass is 75.1 g/mol. The van der Waals surface area contributed by atoms with Gasteiger partial charge < -0.3 is 11.3 Å². The first-order valence-corrected chi connectivity index (χ1v) is 1.17. The molecule has 0 amide bonds. The molecule has 0 rings (SSSR count). The third kappa shape index (κ3) is 31.5. The topological polar surface area (TPSA) is 55.2 Å². The Morgan fingerprint density at radius 2 is 1.80 bits per heavy atom. The maximum atomic E-state index is 7.69. The molecule has 5 heavy (non-hydrogen) atoms. The Labute approximate surface area is 31.7 Å². The van der Waals surface area contributed by atoms with Crippen molar-refractivity contribution in [2.75, 3.05) is 0 Å². The second-order valence-electron chi connectivity index (χ2n) is 0.482. The van der Waals surface area contributed by atoms with Gasteiger partial charge in [-0.05, 0) is 6.92 Å². The van der Waals surface area contributed by atoms with E-state index >= 15 is 0 Å². The minimum absolute atomic E-state index is 0. The van der Waals surface area contributed by atoms with Crippen molar-refractivity contribution in [2.45, 2.75) is 6.92 Å². The van der Waals surface area contributed by atoms with Crippen LogP contribution in [0.4, 0.5) is 0 Å². The van der Waals surface area contributed by atoms with Crippen LogP contribution in [0.1, 0.15) is 6.92 Å². The fourth-order valence-electron chi connectivity index (χ4n) is 0. The molecule has 0 aliphatic carbocycles. The van der Waals surface area contributed by atoms with Crippen LogP contribution in [0.3, 0.4) is 0 Å². The highest BCUT2D eigenvalue weighted by molar-refractivity contribution is 4.60. The number of aliphatic hydroxyl groups is 1. The summed E-state index contributed by atoms with van der Waals surface area (Å²) < 4.78 is 0. The minimum Gasteiger partial charge on any atom is -0.516 e. The first kappa shape index (κ1) is 8.82. The van der Waals surface area contributed by atoms with Crippen molar-refractivity contribution < 1.29 is 5.11 Å². The van der Waals surface area contributed by atoms with Crippen LogP contribution in [0, 0.1) is 0 Å². The van der Waals surface area contributed by atoms with Crippen LogP contribution in [0.5, 0.6) is 0 Å². The molecule has 2 nitrogen and oxygen atoms in total. The molecular weight excluding hydrogens is 66.0 g/mol. The first-order chi connectivity index (χ1) is 1.91. The summed E-state index contributed by atoms with van der Waals surface area (Å²) >= 11 is 0. The Bertz CT molecular complexity index is 22.1. The largest absolute Gasteiger partial charge is 0.516 e. The van der Waals surface area contributed by atoms with Crippen LogP contribution in [0.2, 0.25) is 0 Å². The molecule has 0 fully saturated rings. The van der Waals surface area contributed by atoms with Gasteiger partial charge in [-0.2, -0.15) is 0 Å². The van der Waals surface area contributed by atoms with Crippen molar-refractivity contribution in [3.8, 4) is 0 Å². The summed E-state index contributed by atoms with van der Waals surface area (Å²) in [7, 11) is 0. The second kappa shape index (κ2) is 9.72. The van der Waals surface area contributed by atoms with Gasteiger partial charge in [0.2, 0.25) is 0 Å². The van der Waals surface area contributed by atoms with Gasteiger partial charge in [0, 0.05) is 0 Å². The van der Waals surface area contributed by atoms with Gasteiger partial charge in [-0.3, -0.25) is 0 Å². The predicted molar refractivity (Wildman–Crippen MR) is 22.5 cm³/mol. The molecule has 2 heteroatoms. The van der Waals surface area contributed by atoms with Crippen LogP contribution in [-0.4, -0.2) is 5.11 Å². The maximum Gasteiger partial charge on any atom is 0.0748 e. The Kier molecular flexibility index (Phi) is 17.1. The fraction of sp³-hybridized carbons (Fsp3) is 0.333. The number of allylic oxidation sites excluding steroid dienone is 1. The van der Waals surface area contributed by atoms with E-state index in [2.05, 4.69) is 0 Å². The summed E-state index contributed by atoms with van der Waals surface area (Å²) in [6.07, 6.45) is 2.56. The van der Waals surface area contributed by atoms with Crippen LogP contribution >= 0.6 is 0 Å².